The van der Waals surface area contributed by atoms with Crippen molar-refractivity contribution in [3.05, 3.63) is 0 Å². The molecule has 1 fully saturated rings. The Morgan fingerprint density at radius 3 is 2.16 bits per heavy atom. The van der Waals surface area contributed by atoms with Crippen molar-refractivity contribution in [2.75, 3.05) is 7.11 Å². The summed E-state index contributed by atoms with van der Waals surface area (Å²) >= 11 is 0. The second kappa shape index (κ2) is 7.81. The Morgan fingerprint density at radius 2 is 1.76 bits per heavy atom. The van der Waals surface area contributed by atoms with Crippen LogP contribution in [0, 0.1) is 10.8 Å². The molecular weight excluding hydrogens is 330 g/mol. The van der Waals surface area contributed by atoms with Crippen molar-refractivity contribution in [1.29, 1.82) is 0 Å². The third-order valence-electron chi connectivity index (χ3n) is 4.70. The first-order chi connectivity index (χ1) is 11.4. The molecule has 1 saturated carbocycles. The SMILES string of the molecule is COC(=O)C(NC(=O)CC1(C(C)(C)C)CC1)NC(=O)[C@@H](N)CC(=O)O. The lowest BCUT2D eigenvalue weighted by molar-refractivity contribution is -0.148. The normalized spacial score (nSPS) is 17.8. The van der Waals surface area contributed by atoms with Gasteiger partial charge in [0.15, 0.2) is 0 Å². The number of methoxy groups -OCH3 is 1. The summed E-state index contributed by atoms with van der Waals surface area (Å²) in [4.78, 5) is 46.6. The third kappa shape index (κ3) is 5.70. The molecule has 0 spiro atoms. The van der Waals surface area contributed by atoms with E-state index in [4.69, 9.17) is 10.8 Å². The van der Waals surface area contributed by atoms with Crippen LogP contribution < -0.4 is 16.4 Å². The van der Waals surface area contributed by atoms with E-state index in [0.717, 1.165) is 20.0 Å². The first kappa shape index (κ1) is 20.9. The summed E-state index contributed by atoms with van der Waals surface area (Å²) in [6.07, 6.45) is 0.0493. The van der Waals surface area contributed by atoms with Crippen molar-refractivity contribution in [3.8, 4) is 0 Å². The molecule has 25 heavy (non-hydrogen) atoms. The van der Waals surface area contributed by atoms with E-state index in [-0.39, 0.29) is 17.3 Å². The minimum absolute atomic E-state index is 0.0573. The summed E-state index contributed by atoms with van der Waals surface area (Å²) in [5, 5.41) is 13.3. The maximum atomic E-state index is 12.3. The molecule has 0 aliphatic heterocycles. The molecule has 0 saturated heterocycles. The molecule has 0 bridgehead atoms. The average Bonchev–Trinajstić information content (AvgIpc) is 3.25. The highest BCUT2D eigenvalue weighted by atomic mass is 16.5. The Balaban J connectivity index is 2.70. The molecule has 9 heteroatoms. The Morgan fingerprint density at radius 1 is 1.20 bits per heavy atom. The van der Waals surface area contributed by atoms with Crippen molar-refractivity contribution >= 4 is 23.8 Å². The van der Waals surface area contributed by atoms with E-state index in [1.54, 1.807) is 0 Å². The Kier molecular flexibility index (Phi) is 6.53. The van der Waals surface area contributed by atoms with Gasteiger partial charge in [-0.05, 0) is 23.7 Å². The lowest BCUT2D eigenvalue weighted by Crippen LogP contribution is -2.57. The largest absolute Gasteiger partial charge is 0.481 e. The fourth-order valence-corrected chi connectivity index (χ4v) is 2.66. The molecule has 9 nitrogen and oxygen atoms in total. The summed E-state index contributed by atoms with van der Waals surface area (Å²) in [7, 11) is 1.11. The van der Waals surface area contributed by atoms with Crippen molar-refractivity contribution < 1.29 is 29.0 Å². The van der Waals surface area contributed by atoms with E-state index < -0.39 is 42.4 Å². The van der Waals surface area contributed by atoms with Gasteiger partial charge in [0.1, 0.15) is 0 Å². The highest BCUT2D eigenvalue weighted by molar-refractivity contribution is 5.91. The minimum atomic E-state index is -1.42. The van der Waals surface area contributed by atoms with Crippen LogP contribution in [0.4, 0.5) is 0 Å². The number of carboxylic acid groups (broad SMARTS) is 1. The number of hydrogen-bond donors (Lipinski definition) is 4. The molecule has 142 valence electrons. The number of carbonyl (C=O) groups is 4. The van der Waals surface area contributed by atoms with Crippen LogP contribution in [0.1, 0.15) is 46.5 Å². The van der Waals surface area contributed by atoms with Gasteiger partial charge < -0.3 is 26.2 Å². The Hall–Kier alpha value is -2.16. The van der Waals surface area contributed by atoms with Gasteiger partial charge in [0, 0.05) is 6.42 Å². The van der Waals surface area contributed by atoms with Gasteiger partial charge in [0.05, 0.1) is 19.6 Å². The molecule has 0 aromatic heterocycles. The van der Waals surface area contributed by atoms with Crippen LogP contribution in [-0.4, -0.2) is 48.2 Å². The second-order valence-corrected chi connectivity index (χ2v) is 7.44. The lowest BCUT2D eigenvalue weighted by Gasteiger charge is -2.31. The zero-order chi connectivity index (χ0) is 19.4. The number of esters is 1. The summed E-state index contributed by atoms with van der Waals surface area (Å²) in [5.74, 6) is -3.38. The molecule has 0 heterocycles. The monoisotopic (exact) mass is 357 g/mol. The van der Waals surface area contributed by atoms with E-state index in [2.05, 4.69) is 36.1 Å². The van der Waals surface area contributed by atoms with Crippen LogP contribution in [0.5, 0.6) is 0 Å². The predicted octanol–water partition coefficient (Wildman–Crippen LogP) is -0.264. The molecule has 1 unspecified atom stereocenters. The molecule has 2 amide bonds. The number of carboxylic acids is 1. The summed E-state index contributed by atoms with van der Waals surface area (Å²) in [5.41, 5.74) is 5.27. The van der Waals surface area contributed by atoms with E-state index in [9.17, 15) is 19.2 Å². The smallest absolute Gasteiger partial charge is 0.349 e. The third-order valence-corrected chi connectivity index (χ3v) is 4.70. The summed E-state index contributed by atoms with van der Waals surface area (Å²) in [6.45, 7) is 6.16. The van der Waals surface area contributed by atoms with E-state index >= 15 is 0 Å². The van der Waals surface area contributed by atoms with Crippen LogP contribution in [0.15, 0.2) is 0 Å². The number of amides is 2. The standard InChI is InChI=1S/C16H27N3O6/c1-15(2,3)16(5-6-16)8-10(20)18-12(14(24)25-4)19-13(23)9(17)7-11(21)22/h9,12H,5-8,17H2,1-4H3,(H,18,20)(H,19,23)(H,21,22)/t9-,12?/m0/s1. The maximum Gasteiger partial charge on any atom is 0.349 e. The Bertz CT molecular complexity index is 551. The predicted molar refractivity (Wildman–Crippen MR) is 88.1 cm³/mol. The van der Waals surface area contributed by atoms with Crippen molar-refractivity contribution in [1.82, 2.24) is 10.6 Å². The van der Waals surface area contributed by atoms with Crippen molar-refractivity contribution in [2.45, 2.75) is 58.7 Å². The first-order valence-corrected chi connectivity index (χ1v) is 8.07. The molecule has 0 aromatic carbocycles. The fourth-order valence-electron chi connectivity index (χ4n) is 2.66. The fraction of sp³-hybridized carbons (Fsp3) is 0.750. The quantitative estimate of drug-likeness (QED) is 0.345. The zero-order valence-electron chi connectivity index (χ0n) is 15.0. The second-order valence-electron chi connectivity index (χ2n) is 7.44. The maximum absolute atomic E-state index is 12.3. The summed E-state index contributed by atoms with van der Waals surface area (Å²) in [6, 6.07) is -1.34. The Labute approximate surface area is 146 Å². The van der Waals surface area contributed by atoms with Crippen LogP contribution in [0.2, 0.25) is 0 Å². The van der Waals surface area contributed by atoms with Crippen molar-refractivity contribution in [2.24, 2.45) is 16.6 Å². The van der Waals surface area contributed by atoms with Gasteiger partial charge in [-0.2, -0.15) is 0 Å². The highest BCUT2D eigenvalue weighted by Crippen LogP contribution is 2.60. The molecule has 1 aliphatic carbocycles. The molecule has 1 aliphatic rings. The number of rotatable bonds is 8. The van der Waals surface area contributed by atoms with Gasteiger partial charge in [-0.1, -0.05) is 20.8 Å². The van der Waals surface area contributed by atoms with Gasteiger partial charge in [-0.25, -0.2) is 4.79 Å². The molecular formula is C16H27N3O6. The average molecular weight is 357 g/mol. The van der Waals surface area contributed by atoms with Crippen molar-refractivity contribution in [3.63, 3.8) is 0 Å². The number of carbonyl (C=O) groups excluding carboxylic acids is 3. The van der Waals surface area contributed by atoms with Gasteiger partial charge in [0.25, 0.3) is 0 Å². The van der Waals surface area contributed by atoms with Crippen LogP contribution in [0.25, 0.3) is 0 Å². The lowest BCUT2D eigenvalue weighted by atomic mass is 9.75. The molecule has 1 rings (SSSR count). The molecule has 0 radical (unpaired) electrons. The summed E-state index contributed by atoms with van der Waals surface area (Å²) < 4.78 is 4.56. The molecule has 2 atom stereocenters. The number of ether oxygens (including phenoxy) is 1. The minimum Gasteiger partial charge on any atom is -0.481 e. The van der Waals surface area contributed by atoms with Gasteiger partial charge in [-0.3, -0.25) is 14.4 Å². The number of hydrogen-bond acceptors (Lipinski definition) is 6. The zero-order valence-corrected chi connectivity index (χ0v) is 15.0. The van der Waals surface area contributed by atoms with Crippen LogP contribution in [-0.2, 0) is 23.9 Å². The molecule has 5 N–H and O–H groups in total. The van der Waals surface area contributed by atoms with Gasteiger partial charge >= 0.3 is 11.9 Å². The topological polar surface area (TPSA) is 148 Å². The van der Waals surface area contributed by atoms with Crippen LogP contribution in [0.3, 0.4) is 0 Å². The number of nitrogens with two attached hydrogens (primary N) is 1. The van der Waals surface area contributed by atoms with E-state index in [1.165, 1.54) is 0 Å². The number of nitrogens with one attached hydrogen (secondary N) is 2. The number of aliphatic carboxylic acids is 1. The van der Waals surface area contributed by atoms with Crippen LogP contribution >= 0.6 is 0 Å². The first-order valence-electron chi connectivity index (χ1n) is 8.07. The van der Waals surface area contributed by atoms with Gasteiger partial charge in [-0.15, -0.1) is 0 Å². The van der Waals surface area contributed by atoms with E-state index in [0.29, 0.717) is 0 Å². The van der Waals surface area contributed by atoms with Gasteiger partial charge in [0.2, 0.25) is 18.0 Å². The molecule has 0 aromatic rings. The van der Waals surface area contributed by atoms with E-state index in [1.807, 2.05) is 0 Å². The highest BCUT2D eigenvalue weighted by Gasteiger charge is 2.52.